The van der Waals surface area contributed by atoms with E-state index in [1.165, 1.54) is 6.07 Å². The molecule has 0 aromatic carbocycles. The minimum atomic E-state index is -2.92. The first-order valence-electron chi connectivity index (χ1n) is 4.12. The summed E-state index contributed by atoms with van der Waals surface area (Å²) in [6, 6.07) is 2.30. The molecular formula is C9H6F2N2O3. The lowest BCUT2D eigenvalue weighted by Crippen LogP contribution is -2.20. The Hall–Kier alpha value is -2.23. The molecule has 16 heavy (non-hydrogen) atoms. The molecule has 0 fully saturated rings. The number of aliphatic carboxylic acids is 1. The third kappa shape index (κ3) is 2.42. The van der Waals surface area contributed by atoms with E-state index in [0.717, 1.165) is 6.07 Å². The van der Waals surface area contributed by atoms with Gasteiger partial charge in [0.1, 0.15) is 0 Å². The van der Waals surface area contributed by atoms with Gasteiger partial charge >= 0.3 is 5.97 Å². The summed E-state index contributed by atoms with van der Waals surface area (Å²) in [7, 11) is 0. The summed E-state index contributed by atoms with van der Waals surface area (Å²) in [4.78, 5) is 23.5. The number of pyridine rings is 1. The lowest BCUT2D eigenvalue weighted by molar-refractivity contribution is -0.136. The second-order valence-corrected chi connectivity index (χ2v) is 2.93. The summed E-state index contributed by atoms with van der Waals surface area (Å²) in [6.45, 7) is 0. The molecule has 0 saturated heterocycles. The minimum absolute atomic E-state index is 0.320. The van der Waals surface area contributed by atoms with Crippen molar-refractivity contribution in [2.45, 2.75) is 12.8 Å². The first-order valence-corrected chi connectivity index (χ1v) is 4.12. The number of halogens is 2. The molecule has 0 aliphatic rings. The van der Waals surface area contributed by atoms with Crippen LogP contribution in [0.3, 0.4) is 0 Å². The highest BCUT2D eigenvalue weighted by Gasteiger charge is 2.16. The maximum atomic E-state index is 12.3. The Kier molecular flexibility index (Phi) is 3.35. The molecule has 84 valence electrons. The summed E-state index contributed by atoms with van der Waals surface area (Å²) in [6.07, 6.45) is -3.60. The topological polar surface area (TPSA) is 94.0 Å². The van der Waals surface area contributed by atoms with Crippen molar-refractivity contribution in [1.29, 1.82) is 5.26 Å². The smallest absolute Gasteiger partial charge is 0.308 e. The fourth-order valence-corrected chi connectivity index (χ4v) is 1.15. The number of alkyl halides is 2. The number of H-pyrrole nitrogens is 1. The van der Waals surface area contributed by atoms with Crippen LogP contribution in [0.15, 0.2) is 10.9 Å². The van der Waals surface area contributed by atoms with Gasteiger partial charge in [-0.3, -0.25) is 9.59 Å². The molecule has 1 aromatic rings. The van der Waals surface area contributed by atoms with E-state index in [1.54, 1.807) is 0 Å². The Morgan fingerprint density at radius 1 is 1.62 bits per heavy atom. The number of carboxylic acid groups (broad SMARTS) is 1. The molecule has 2 N–H and O–H groups in total. The van der Waals surface area contributed by atoms with Crippen molar-refractivity contribution >= 4 is 5.97 Å². The second kappa shape index (κ2) is 4.53. The highest BCUT2D eigenvalue weighted by Crippen LogP contribution is 2.17. The van der Waals surface area contributed by atoms with Crippen LogP contribution in [-0.4, -0.2) is 16.1 Å². The summed E-state index contributed by atoms with van der Waals surface area (Å²) in [5.74, 6) is -1.31. The zero-order valence-corrected chi connectivity index (χ0v) is 7.83. The maximum Gasteiger partial charge on any atom is 0.308 e. The number of aromatic amines is 1. The maximum absolute atomic E-state index is 12.3. The number of hydrogen-bond donors (Lipinski definition) is 2. The molecular weight excluding hydrogens is 222 g/mol. The number of carbonyl (C=O) groups is 1. The van der Waals surface area contributed by atoms with Crippen LogP contribution in [0, 0.1) is 11.3 Å². The van der Waals surface area contributed by atoms with Crippen molar-refractivity contribution in [3.8, 4) is 6.07 Å². The molecule has 1 rings (SSSR count). The quantitative estimate of drug-likeness (QED) is 0.800. The molecule has 0 bridgehead atoms. The highest BCUT2D eigenvalue weighted by atomic mass is 19.3. The van der Waals surface area contributed by atoms with Gasteiger partial charge in [-0.15, -0.1) is 0 Å². The van der Waals surface area contributed by atoms with Crippen LogP contribution in [-0.2, 0) is 11.2 Å². The lowest BCUT2D eigenvalue weighted by Gasteiger charge is -2.03. The Bertz CT molecular complexity index is 516. The van der Waals surface area contributed by atoms with Crippen molar-refractivity contribution < 1.29 is 18.7 Å². The molecule has 0 atom stereocenters. The van der Waals surface area contributed by atoms with Gasteiger partial charge in [0.05, 0.1) is 23.7 Å². The van der Waals surface area contributed by atoms with Gasteiger partial charge in [0, 0.05) is 5.56 Å². The van der Waals surface area contributed by atoms with E-state index < -0.39 is 30.1 Å². The fourth-order valence-electron chi connectivity index (χ4n) is 1.15. The highest BCUT2D eigenvalue weighted by molar-refractivity contribution is 5.71. The van der Waals surface area contributed by atoms with E-state index >= 15 is 0 Å². The van der Waals surface area contributed by atoms with E-state index in [-0.39, 0.29) is 11.1 Å². The van der Waals surface area contributed by atoms with Gasteiger partial charge in [-0.2, -0.15) is 5.26 Å². The number of rotatable bonds is 3. The van der Waals surface area contributed by atoms with Gasteiger partial charge < -0.3 is 10.1 Å². The van der Waals surface area contributed by atoms with Crippen molar-refractivity contribution in [2.75, 3.05) is 0 Å². The van der Waals surface area contributed by atoms with Crippen molar-refractivity contribution in [3.63, 3.8) is 0 Å². The van der Waals surface area contributed by atoms with Crippen molar-refractivity contribution in [1.82, 2.24) is 4.98 Å². The summed E-state index contributed by atoms with van der Waals surface area (Å²) < 4.78 is 24.5. The standard InChI is InChI=1S/C9H6F2N2O3/c10-8(11)6-1-4(3-12)5(2-7(14)15)9(16)13-6/h1,8H,2H2,(H,13,16)(H,14,15). The van der Waals surface area contributed by atoms with Gasteiger partial charge in [0.15, 0.2) is 0 Å². The summed E-state index contributed by atoms with van der Waals surface area (Å²) in [5.41, 5.74) is -2.34. The molecule has 0 aliphatic carbocycles. The van der Waals surface area contributed by atoms with E-state index in [4.69, 9.17) is 10.4 Å². The predicted molar refractivity (Wildman–Crippen MR) is 48.1 cm³/mol. The number of nitrogens with zero attached hydrogens (tertiary/aromatic N) is 1. The number of nitriles is 1. The monoisotopic (exact) mass is 228 g/mol. The van der Waals surface area contributed by atoms with E-state index in [1.807, 2.05) is 4.98 Å². The van der Waals surface area contributed by atoms with Gasteiger partial charge in [-0.05, 0) is 6.07 Å². The first kappa shape index (κ1) is 11.8. The number of carboxylic acids is 1. The molecule has 0 aliphatic heterocycles. The van der Waals surface area contributed by atoms with Crippen molar-refractivity contribution in [2.24, 2.45) is 0 Å². The van der Waals surface area contributed by atoms with Crippen LogP contribution in [0.4, 0.5) is 8.78 Å². The Labute approximate surface area is 88.0 Å². The van der Waals surface area contributed by atoms with Gasteiger partial charge in [-0.25, -0.2) is 8.78 Å². The van der Waals surface area contributed by atoms with Crippen LogP contribution in [0.25, 0.3) is 0 Å². The summed E-state index contributed by atoms with van der Waals surface area (Å²) >= 11 is 0. The Morgan fingerprint density at radius 3 is 2.69 bits per heavy atom. The minimum Gasteiger partial charge on any atom is -0.481 e. The SMILES string of the molecule is N#Cc1cc(C(F)F)[nH]c(=O)c1CC(=O)O. The van der Waals surface area contributed by atoms with Crippen LogP contribution >= 0.6 is 0 Å². The fraction of sp³-hybridized carbons (Fsp3) is 0.222. The Balaban J connectivity index is 3.36. The first-order chi connectivity index (χ1) is 7.45. The van der Waals surface area contributed by atoms with Crippen LogP contribution in [0.2, 0.25) is 0 Å². The predicted octanol–water partition coefficient (Wildman–Crippen LogP) is 0.811. The van der Waals surface area contributed by atoms with Gasteiger partial charge in [0.2, 0.25) is 0 Å². The Morgan fingerprint density at radius 2 is 2.25 bits per heavy atom. The average Bonchev–Trinajstić information content (AvgIpc) is 2.19. The lowest BCUT2D eigenvalue weighted by atomic mass is 10.1. The number of aromatic nitrogens is 1. The zero-order valence-electron chi connectivity index (χ0n) is 7.83. The third-order valence-electron chi connectivity index (χ3n) is 1.84. The molecule has 1 aromatic heterocycles. The zero-order chi connectivity index (χ0) is 12.3. The normalized spacial score (nSPS) is 10.1. The molecule has 0 unspecified atom stereocenters. The van der Waals surface area contributed by atoms with Crippen LogP contribution < -0.4 is 5.56 Å². The van der Waals surface area contributed by atoms with E-state index in [0.29, 0.717) is 0 Å². The van der Waals surface area contributed by atoms with Gasteiger partial charge in [-0.1, -0.05) is 0 Å². The molecule has 0 amide bonds. The van der Waals surface area contributed by atoms with Crippen LogP contribution in [0.5, 0.6) is 0 Å². The number of nitrogens with one attached hydrogen (secondary N) is 1. The summed E-state index contributed by atoms with van der Waals surface area (Å²) in [5, 5.41) is 17.1. The van der Waals surface area contributed by atoms with E-state index in [2.05, 4.69) is 0 Å². The third-order valence-corrected chi connectivity index (χ3v) is 1.84. The molecule has 0 spiro atoms. The largest absolute Gasteiger partial charge is 0.481 e. The molecule has 0 radical (unpaired) electrons. The second-order valence-electron chi connectivity index (χ2n) is 2.93. The average molecular weight is 228 g/mol. The van der Waals surface area contributed by atoms with E-state index in [9.17, 15) is 18.4 Å². The molecule has 0 saturated carbocycles. The van der Waals surface area contributed by atoms with Crippen molar-refractivity contribution in [3.05, 3.63) is 33.2 Å². The molecule has 5 nitrogen and oxygen atoms in total. The van der Waals surface area contributed by atoms with Crippen LogP contribution in [0.1, 0.15) is 23.2 Å². The molecule has 1 heterocycles. The van der Waals surface area contributed by atoms with Gasteiger partial charge in [0.25, 0.3) is 12.0 Å². The molecule has 7 heteroatoms. The number of hydrogen-bond acceptors (Lipinski definition) is 3.